The van der Waals surface area contributed by atoms with Crippen LogP contribution in [0.4, 0.5) is 0 Å². The minimum absolute atomic E-state index is 0.113. The molecular formula is C28H28N2O6S. The van der Waals surface area contributed by atoms with Crippen LogP contribution in [-0.4, -0.2) is 29.2 Å². The monoisotopic (exact) mass is 520 g/mol. The normalized spacial score (nSPS) is 15.3. The van der Waals surface area contributed by atoms with Crippen LogP contribution in [0.25, 0.3) is 6.08 Å². The number of nitrogens with zero attached hydrogens (tertiary/aromatic N) is 2. The first kappa shape index (κ1) is 26.1. The molecular weight excluding hydrogens is 492 g/mol. The molecule has 0 N–H and O–H groups in total. The molecule has 0 amide bonds. The standard InChI is InChI=1S/C28H28N2O6S/c1-6-34-27(33)24-17(4)29-28-30(25(24)21-12-7-8-13-22(21)35-16(2)3)26(32)23(37-28)15-19-10-9-11-20(14-19)36-18(5)31/h7-16,25H,6H2,1-5H3. The van der Waals surface area contributed by atoms with Crippen molar-refractivity contribution in [1.82, 2.24) is 4.57 Å². The molecule has 1 aromatic heterocycles. The molecule has 3 aromatic rings. The van der Waals surface area contributed by atoms with Gasteiger partial charge in [0.1, 0.15) is 17.5 Å². The maximum Gasteiger partial charge on any atom is 0.338 e. The molecule has 0 spiro atoms. The number of fused-ring (bicyclic) bond motifs is 1. The molecule has 0 aliphatic carbocycles. The van der Waals surface area contributed by atoms with Crippen molar-refractivity contribution in [2.24, 2.45) is 4.99 Å². The van der Waals surface area contributed by atoms with E-state index in [1.54, 1.807) is 38.1 Å². The molecule has 9 heteroatoms. The lowest BCUT2D eigenvalue weighted by Crippen LogP contribution is -2.40. The number of ether oxygens (including phenoxy) is 3. The number of esters is 2. The average molecular weight is 521 g/mol. The van der Waals surface area contributed by atoms with Crippen molar-refractivity contribution in [3.05, 3.63) is 90.6 Å². The lowest BCUT2D eigenvalue weighted by molar-refractivity contribution is -0.139. The predicted octanol–water partition coefficient (Wildman–Crippen LogP) is 3.51. The van der Waals surface area contributed by atoms with Gasteiger partial charge in [-0.1, -0.05) is 41.7 Å². The summed E-state index contributed by atoms with van der Waals surface area (Å²) in [6.45, 7) is 8.83. The van der Waals surface area contributed by atoms with Crippen LogP contribution in [0.1, 0.15) is 51.8 Å². The van der Waals surface area contributed by atoms with E-state index in [0.717, 1.165) is 0 Å². The smallest absolute Gasteiger partial charge is 0.338 e. The highest BCUT2D eigenvalue weighted by atomic mass is 32.1. The van der Waals surface area contributed by atoms with E-state index in [1.165, 1.54) is 22.8 Å². The number of para-hydroxylation sites is 1. The van der Waals surface area contributed by atoms with Gasteiger partial charge in [0, 0.05) is 12.5 Å². The highest BCUT2D eigenvalue weighted by Gasteiger charge is 2.35. The van der Waals surface area contributed by atoms with Gasteiger partial charge in [-0.15, -0.1) is 0 Å². The maximum absolute atomic E-state index is 13.8. The van der Waals surface area contributed by atoms with Crippen molar-refractivity contribution >= 4 is 29.4 Å². The first-order valence-electron chi connectivity index (χ1n) is 11.9. The summed E-state index contributed by atoms with van der Waals surface area (Å²) in [5, 5.41) is 0. The molecule has 0 bridgehead atoms. The summed E-state index contributed by atoms with van der Waals surface area (Å²) < 4.78 is 18.5. The molecule has 192 valence electrons. The van der Waals surface area contributed by atoms with Crippen LogP contribution in [0.5, 0.6) is 11.5 Å². The molecule has 0 saturated heterocycles. The summed E-state index contributed by atoms with van der Waals surface area (Å²) in [4.78, 5) is 43.4. The van der Waals surface area contributed by atoms with Gasteiger partial charge in [-0.3, -0.25) is 14.2 Å². The largest absolute Gasteiger partial charge is 0.491 e. The van der Waals surface area contributed by atoms with Gasteiger partial charge in [-0.05, 0) is 57.5 Å². The van der Waals surface area contributed by atoms with Crippen LogP contribution in [-0.2, 0) is 14.3 Å². The Morgan fingerprint density at radius 2 is 1.92 bits per heavy atom. The Morgan fingerprint density at radius 3 is 2.62 bits per heavy atom. The Labute approximate surface area is 218 Å². The highest BCUT2D eigenvalue weighted by molar-refractivity contribution is 7.07. The fourth-order valence-corrected chi connectivity index (χ4v) is 5.19. The Kier molecular flexibility index (Phi) is 7.73. The van der Waals surface area contributed by atoms with Crippen LogP contribution in [0, 0.1) is 0 Å². The lowest BCUT2D eigenvalue weighted by atomic mass is 9.95. The van der Waals surface area contributed by atoms with E-state index in [4.69, 9.17) is 14.2 Å². The van der Waals surface area contributed by atoms with Crippen LogP contribution in [0.2, 0.25) is 0 Å². The molecule has 1 unspecified atom stereocenters. The number of carbonyl (C=O) groups excluding carboxylic acids is 2. The second-order valence-electron chi connectivity index (χ2n) is 8.67. The van der Waals surface area contributed by atoms with Crippen molar-refractivity contribution in [3.63, 3.8) is 0 Å². The maximum atomic E-state index is 13.8. The summed E-state index contributed by atoms with van der Waals surface area (Å²) in [7, 11) is 0. The number of aromatic nitrogens is 1. The molecule has 1 aliphatic rings. The highest BCUT2D eigenvalue weighted by Crippen LogP contribution is 2.36. The van der Waals surface area contributed by atoms with Crippen molar-refractivity contribution in [3.8, 4) is 11.5 Å². The molecule has 37 heavy (non-hydrogen) atoms. The second-order valence-corrected chi connectivity index (χ2v) is 9.68. The topological polar surface area (TPSA) is 96.2 Å². The molecule has 0 saturated carbocycles. The lowest BCUT2D eigenvalue weighted by Gasteiger charge is -2.26. The number of allylic oxidation sites excluding steroid dienone is 1. The molecule has 2 heterocycles. The van der Waals surface area contributed by atoms with E-state index in [2.05, 4.69) is 4.99 Å². The Morgan fingerprint density at radius 1 is 1.16 bits per heavy atom. The zero-order valence-electron chi connectivity index (χ0n) is 21.3. The van der Waals surface area contributed by atoms with Gasteiger partial charge in [0.2, 0.25) is 0 Å². The molecule has 4 rings (SSSR count). The van der Waals surface area contributed by atoms with Crippen LogP contribution in [0.3, 0.4) is 0 Å². The third-order valence-electron chi connectivity index (χ3n) is 5.51. The Bertz CT molecular complexity index is 1560. The van der Waals surface area contributed by atoms with Crippen LogP contribution in [0.15, 0.2) is 69.6 Å². The van der Waals surface area contributed by atoms with E-state index in [1.807, 2.05) is 44.2 Å². The van der Waals surface area contributed by atoms with E-state index in [-0.39, 0.29) is 23.8 Å². The zero-order chi connectivity index (χ0) is 26.7. The quantitative estimate of drug-likeness (QED) is 0.350. The molecule has 1 atom stereocenters. The zero-order valence-corrected chi connectivity index (χ0v) is 22.1. The van der Waals surface area contributed by atoms with E-state index < -0.39 is 18.0 Å². The van der Waals surface area contributed by atoms with Crippen molar-refractivity contribution in [2.45, 2.75) is 46.8 Å². The van der Waals surface area contributed by atoms with Crippen molar-refractivity contribution in [1.29, 1.82) is 0 Å². The van der Waals surface area contributed by atoms with Gasteiger partial charge in [-0.2, -0.15) is 0 Å². The van der Waals surface area contributed by atoms with E-state index >= 15 is 0 Å². The van der Waals surface area contributed by atoms with Crippen molar-refractivity contribution < 1.29 is 23.8 Å². The Hall–Kier alpha value is -3.98. The van der Waals surface area contributed by atoms with Gasteiger partial charge in [0.15, 0.2) is 4.80 Å². The number of rotatable bonds is 7. The first-order chi connectivity index (χ1) is 17.7. The van der Waals surface area contributed by atoms with Gasteiger partial charge >= 0.3 is 11.9 Å². The second kappa shape index (κ2) is 11.0. The minimum atomic E-state index is -0.778. The van der Waals surface area contributed by atoms with Gasteiger partial charge in [0.25, 0.3) is 5.56 Å². The number of carbonyl (C=O) groups is 2. The summed E-state index contributed by atoms with van der Waals surface area (Å²) in [5.74, 6) is -0.00740. The molecule has 2 aromatic carbocycles. The molecule has 8 nitrogen and oxygen atoms in total. The van der Waals surface area contributed by atoms with E-state index in [9.17, 15) is 14.4 Å². The summed E-state index contributed by atoms with van der Waals surface area (Å²) in [6.07, 6.45) is 1.60. The summed E-state index contributed by atoms with van der Waals surface area (Å²) in [6, 6.07) is 13.5. The van der Waals surface area contributed by atoms with Crippen LogP contribution < -0.4 is 24.4 Å². The molecule has 0 radical (unpaired) electrons. The fourth-order valence-electron chi connectivity index (χ4n) is 4.14. The summed E-state index contributed by atoms with van der Waals surface area (Å²) in [5.41, 5.74) is 1.81. The third kappa shape index (κ3) is 5.56. The Balaban J connectivity index is 1.94. The SMILES string of the molecule is CCOC(=O)C1=C(C)N=c2sc(=Cc3cccc(OC(C)=O)c3)c(=O)n2C1c1ccccc1OC(C)C. The van der Waals surface area contributed by atoms with E-state index in [0.29, 0.717) is 37.7 Å². The first-order valence-corrected chi connectivity index (χ1v) is 12.7. The predicted molar refractivity (Wildman–Crippen MR) is 140 cm³/mol. The summed E-state index contributed by atoms with van der Waals surface area (Å²) >= 11 is 1.22. The number of benzene rings is 2. The number of hydrogen-bond acceptors (Lipinski definition) is 8. The number of thiazole rings is 1. The van der Waals surface area contributed by atoms with Gasteiger partial charge in [0.05, 0.1) is 28.5 Å². The van der Waals surface area contributed by atoms with Gasteiger partial charge < -0.3 is 14.2 Å². The average Bonchev–Trinajstić information content (AvgIpc) is 3.12. The third-order valence-corrected chi connectivity index (χ3v) is 6.49. The number of hydrogen-bond donors (Lipinski definition) is 0. The van der Waals surface area contributed by atoms with Gasteiger partial charge in [-0.25, -0.2) is 9.79 Å². The fraction of sp³-hybridized carbons (Fsp3) is 0.286. The van der Waals surface area contributed by atoms with Crippen molar-refractivity contribution in [2.75, 3.05) is 6.61 Å². The molecule has 0 fully saturated rings. The van der Waals surface area contributed by atoms with Crippen LogP contribution >= 0.6 is 11.3 Å². The minimum Gasteiger partial charge on any atom is -0.491 e. The molecule has 1 aliphatic heterocycles.